The Hall–Kier alpha value is -2.04. The van der Waals surface area contributed by atoms with E-state index >= 15 is 0 Å². The fourth-order valence-electron chi connectivity index (χ4n) is 2.99. The highest BCUT2D eigenvalue weighted by molar-refractivity contribution is 6.30. The Morgan fingerprint density at radius 1 is 1.08 bits per heavy atom. The first kappa shape index (κ1) is 16.8. The van der Waals surface area contributed by atoms with E-state index in [0.29, 0.717) is 10.6 Å². The second-order valence-corrected chi connectivity index (χ2v) is 6.33. The number of amides is 1. The average Bonchev–Trinajstić information content (AvgIpc) is 2.62. The quantitative estimate of drug-likeness (QED) is 0.853. The molecule has 0 N–H and O–H groups in total. The number of benzene rings is 2. The molecule has 2 aromatic rings. The van der Waals surface area contributed by atoms with Crippen molar-refractivity contribution in [3.63, 3.8) is 0 Å². The number of hydrogen-bond donors (Lipinski definition) is 0. The van der Waals surface area contributed by atoms with Crippen molar-refractivity contribution in [3.05, 3.63) is 64.7 Å². The van der Waals surface area contributed by atoms with Crippen molar-refractivity contribution < 1.29 is 9.53 Å². The standard InChI is InChI=1S/C19H21ClN2O2/c1-24-18-8-3-2-5-16(18)14-21-9-11-22(12-10-21)19(23)15-6-4-7-17(20)13-15/h2-8,13H,9-12,14H2,1H3. The molecule has 1 fully saturated rings. The predicted octanol–water partition coefficient (Wildman–Crippen LogP) is 3.31. The van der Waals surface area contributed by atoms with E-state index in [0.717, 1.165) is 38.5 Å². The zero-order chi connectivity index (χ0) is 16.9. The largest absolute Gasteiger partial charge is 0.496 e. The van der Waals surface area contributed by atoms with Gasteiger partial charge in [0.25, 0.3) is 5.91 Å². The molecule has 24 heavy (non-hydrogen) atoms. The van der Waals surface area contributed by atoms with Crippen LogP contribution in [-0.2, 0) is 6.54 Å². The van der Waals surface area contributed by atoms with Gasteiger partial charge in [0.2, 0.25) is 0 Å². The first-order valence-electron chi connectivity index (χ1n) is 8.06. The third-order valence-corrected chi connectivity index (χ3v) is 4.55. The van der Waals surface area contributed by atoms with Gasteiger partial charge in [0.1, 0.15) is 5.75 Å². The summed E-state index contributed by atoms with van der Waals surface area (Å²) in [5.41, 5.74) is 1.83. The predicted molar refractivity (Wildman–Crippen MR) is 95.6 cm³/mol. The number of nitrogens with zero attached hydrogens (tertiary/aromatic N) is 2. The van der Waals surface area contributed by atoms with Gasteiger partial charge in [0.05, 0.1) is 7.11 Å². The zero-order valence-corrected chi connectivity index (χ0v) is 14.5. The molecule has 2 aromatic carbocycles. The molecule has 0 saturated carbocycles. The van der Waals surface area contributed by atoms with Crippen molar-refractivity contribution >= 4 is 17.5 Å². The summed E-state index contributed by atoms with van der Waals surface area (Å²) in [7, 11) is 1.69. The van der Waals surface area contributed by atoms with E-state index in [1.807, 2.05) is 35.2 Å². The van der Waals surface area contributed by atoms with Crippen LogP contribution in [0.15, 0.2) is 48.5 Å². The Morgan fingerprint density at radius 3 is 2.54 bits per heavy atom. The lowest BCUT2D eigenvalue weighted by atomic mass is 10.1. The van der Waals surface area contributed by atoms with E-state index in [9.17, 15) is 4.79 Å². The van der Waals surface area contributed by atoms with Gasteiger partial charge in [-0.15, -0.1) is 0 Å². The molecular weight excluding hydrogens is 324 g/mol. The number of para-hydroxylation sites is 1. The lowest BCUT2D eigenvalue weighted by Crippen LogP contribution is -2.48. The molecule has 0 aromatic heterocycles. The van der Waals surface area contributed by atoms with Crippen LogP contribution in [0.2, 0.25) is 5.02 Å². The third kappa shape index (κ3) is 3.89. The Labute approximate surface area is 147 Å². The molecule has 1 saturated heterocycles. The lowest BCUT2D eigenvalue weighted by Gasteiger charge is -2.35. The van der Waals surface area contributed by atoms with Crippen LogP contribution >= 0.6 is 11.6 Å². The maximum atomic E-state index is 12.5. The van der Waals surface area contributed by atoms with E-state index < -0.39 is 0 Å². The van der Waals surface area contributed by atoms with Crippen LogP contribution in [-0.4, -0.2) is 49.0 Å². The van der Waals surface area contributed by atoms with Crippen molar-refractivity contribution in [1.29, 1.82) is 0 Å². The molecular formula is C19H21ClN2O2. The molecule has 0 radical (unpaired) electrons. The van der Waals surface area contributed by atoms with Crippen molar-refractivity contribution in [2.75, 3.05) is 33.3 Å². The van der Waals surface area contributed by atoms with Crippen LogP contribution in [0.1, 0.15) is 15.9 Å². The van der Waals surface area contributed by atoms with Gasteiger partial charge in [-0.2, -0.15) is 0 Å². The molecule has 0 bridgehead atoms. The fraction of sp³-hybridized carbons (Fsp3) is 0.316. The van der Waals surface area contributed by atoms with E-state index in [1.54, 1.807) is 19.2 Å². The van der Waals surface area contributed by atoms with Crippen molar-refractivity contribution in [3.8, 4) is 5.75 Å². The molecule has 5 heteroatoms. The average molecular weight is 345 g/mol. The van der Waals surface area contributed by atoms with Gasteiger partial charge in [0, 0.05) is 48.9 Å². The lowest BCUT2D eigenvalue weighted by molar-refractivity contribution is 0.0627. The monoisotopic (exact) mass is 344 g/mol. The molecule has 4 nitrogen and oxygen atoms in total. The topological polar surface area (TPSA) is 32.8 Å². The number of hydrogen-bond acceptors (Lipinski definition) is 3. The molecule has 1 amide bonds. The van der Waals surface area contributed by atoms with Gasteiger partial charge in [-0.1, -0.05) is 35.9 Å². The number of piperazine rings is 1. The van der Waals surface area contributed by atoms with Gasteiger partial charge in [-0.05, 0) is 24.3 Å². The number of carbonyl (C=O) groups excluding carboxylic acids is 1. The fourth-order valence-corrected chi connectivity index (χ4v) is 3.18. The third-order valence-electron chi connectivity index (χ3n) is 4.32. The minimum Gasteiger partial charge on any atom is -0.496 e. The van der Waals surface area contributed by atoms with Gasteiger partial charge >= 0.3 is 0 Å². The van der Waals surface area contributed by atoms with Gasteiger partial charge in [0.15, 0.2) is 0 Å². The molecule has 0 unspecified atom stereocenters. The smallest absolute Gasteiger partial charge is 0.253 e. The van der Waals surface area contributed by atoms with Crippen LogP contribution in [0.3, 0.4) is 0 Å². The highest BCUT2D eigenvalue weighted by atomic mass is 35.5. The van der Waals surface area contributed by atoms with Gasteiger partial charge < -0.3 is 9.64 Å². The molecule has 1 aliphatic heterocycles. The maximum Gasteiger partial charge on any atom is 0.253 e. The minimum absolute atomic E-state index is 0.0504. The number of halogens is 1. The van der Waals surface area contributed by atoms with E-state index in [1.165, 1.54) is 5.56 Å². The van der Waals surface area contributed by atoms with Crippen LogP contribution in [0.4, 0.5) is 0 Å². The number of ether oxygens (including phenoxy) is 1. The summed E-state index contributed by atoms with van der Waals surface area (Å²) in [6, 6.07) is 15.2. The normalized spacial score (nSPS) is 15.3. The van der Waals surface area contributed by atoms with Crippen molar-refractivity contribution in [2.24, 2.45) is 0 Å². The van der Waals surface area contributed by atoms with Crippen molar-refractivity contribution in [2.45, 2.75) is 6.54 Å². The SMILES string of the molecule is COc1ccccc1CN1CCN(C(=O)c2cccc(Cl)c2)CC1. The second kappa shape index (κ2) is 7.69. The Bertz CT molecular complexity index is 712. The summed E-state index contributed by atoms with van der Waals surface area (Å²) < 4.78 is 5.41. The number of methoxy groups -OCH3 is 1. The summed E-state index contributed by atoms with van der Waals surface area (Å²) >= 11 is 5.98. The molecule has 1 heterocycles. The summed E-state index contributed by atoms with van der Waals surface area (Å²) in [5.74, 6) is 0.962. The van der Waals surface area contributed by atoms with Crippen LogP contribution < -0.4 is 4.74 Å². The molecule has 1 aliphatic rings. The Morgan fingerprint density at radius 2 is 1.83 bits per heavy atom. The van der Waals surface area contributed by atoms with E-state index in [4.69, 9.17) is 16.3 Å². The summed E-state index contributed by atoms with van der Waals surface area (Å²) in [4.78, 5) is 16.8. The Balaban J connectivity index is 1.58. The van der Waals surface area contributed by atoms with Crippen LogP contribution in [0, 0.1) is 0 Å². The second-order valence-electron chi connectivity index (χ2n) is 5.89. The van der Waals surface area contributed by atoms with Gasteiger partial charge in [-0.3, -0.25) is 9.69 Å². The number of rotatable bonds is 4. The van der Waals surface area contributed by atoms with Gasteiger partial charge in [-0.25, -0.2) is 0 Å². The van der Waals surface area contributed by atoms with E-state index in [-0.39, 0.29) is 5.91 Å². The Kier molecular flexibility index (Phi) is 5.38. The van der Waals surface area contributed by atoms with E-state index in [2.05, 4.69) is 11.0 Å². The number of carbonyl (C=O) groups is 1. The minimum atomic E-state index is 0.0504. The first-order chi connectivity index (χ1) is 11.7. The molecule has 3 rings (SSSR count). The zero-order valence-electron chi connectivity index (χ0n) is 13.7. The van der Waals surface area contributed by atoms with Crippen LogP contribution in [0.25, 0.3) is 0 Å². The summed E-state index contributed by atoms with van der Waals surface area (Å²) in [6.45, 7) is 3.99. The first-order valence-corrected chi connectivity index (χ1v) is 8.44. The highest BCUT2D eigenvalue weighted by Crippen LogP contribution is 2.20. The highest BCUT2D eigenvalue weighted by Gasteiger charge is 2.22. The summed E-state index contributed by atoms with van der Waals surface area (Å²) in [6.07, 6.45) is 0. The molecule has 126 valence electrons. The van der Waals surface area contributed by atoms with Crippen molar-refractivity contribution in [1.82, 2.24) is 9.80 Å². The molecule has 0 aliphatic carbocycles. The molecule has 0 spiro atoms. The maximum absolute atomic E-state index is 12.5. The molecule has 0 atom stereocenters. The van der Waals surface area contributed by atoms with Crippen LogP contribution in [0.5, 0.6) is 5.75 Å². The summed E-state index contributed by atoms with van der Waals surface area (Å²) in [5, 5.41) is 0.593.